The molecular formula is C8H4N6O6-2. The van der Waals surface area contributed by atoms with E-state index in [9.17, 15) is 30.6 Å². The van der Waals surface area contributed by atoms with E-state index in [0.29, 0.717) is 6.07 Å². The number of benzene rings is 1. The zero-order chi connectivity index (χ0) is 14.9. The minimum atomic E-state index is -0.911. The molecular weight excluding hydrogens is 276 g/mol. The summed E-state index contributed by atoms with van der Waals surface area (Å²) in [5.74, 6) is -1.06. The lowest BCUT2D eigenvalue weighted by Gasteiger charge is -2.14. The Labute approximate surface area is 108 Å². The van der Waals surface area contributed by atoms with Gasteiger partial charge in [0.1, 0.15) is 5.82 Å². The monoisotopic (exact) mass is 280 g/mol. The molecule has 2 N–H and O–H groups in total. The van der Waals surface area contributed by atoms with Gasteiger partial charge in [0.05, 0.1) is 21.3 Å². The van der Waals surface area contributed by atoms with E-state index < -0.39 is 33.0 Å². The first-order chi connectivity index (χ1) is 9.47. The molecule has 0 fully saturated rings. The highest BCUT2D eigenvalue weighted by molar-refractivity contribution is 5.97. The summed E-state index contributed by atoms with van der Waals surface area (Å²) in [5.41, 5.74) is 0.951. The minimum absolute atomic E-state index is 0.236. The van der Waals surface area contributed by atoms with Crippen molar-refractivity contribution < 1.29 is 9.85 Å². The highest BCUT2D eigenvalue weighted by Crippen LogP contribution is 2.33. The molecule has 0 aliphatic heterocycles. The highest BCUT2D eigenvalue weighted by Gasteiger charge is 2.22. The third-order valence-electron chi connectivity index (χ3n) is 2.36. The molecule has 0 aliphatic carbocycles. The van der Waals surface area contributed by atoms with Crippen molar-refractivity contribution >= 4 is 34.0 Å². The SMILES string of the molecule is O=[N+]([O-])c1cc([N+](=O)[O-])c2nc(N[O-])nc(N[O-])c2c1. The molecule has 20 heavy (non-hydrogen) atoms. The highest BCUT2D eigenvalue weighted by atomic mass is 16.6. The maximum Gasteiger partial charge on any atom is 0.302 e. The molecule has 0 saturated carbocycles. The summed E-state index contributed by atoms with van der Waals surface area (Å²) in [6, 6.07) is 1.58. The van der Waals surface area contributed by atoms with Crippen molar-refractivity contribution in [2.24, 2.45) is 0 Å². The quantitative estimate of drug-likeness (QED) is 0.610. The number of hydrogen-bond donors (Lipinski definition) is 2. The number of nitro groups is 2. The number of nitro benzene ring substituents is 2. The Morgan fingerprint density at radius 3 is 2.20 bits per heavy atom. The van der Waals surface area contributed by atoms with Crippen LogP contribution in [-0.2, 0) is 0 Å². The Morgan fingerprint density at radius 1 is 1.00 bits per heavy atom. The first kappa shape index (κ1) is 13.3. The molecule has 12 heteroatoms. The lowest BCUT2D eigenvalue weighted by Crippen LogP contribution is -2.03. The van der Waals surface area contributed by atoms with Gasteiger partial charge in [-0.2, -0.15) is 4.98 Å². The van der Waals surface area contributed by atoms with Crippen molar-refractivity contribution in [3.8, 4) is 0 Å². The standard InChI is InChI=1S/C8H4N6O6/c15-11-7-4-1-3(13(17)18)2-5(14(19)20)6(4)9-8(10-7)12-16/h1-2H,(H2-2,9,10,11,12,15,16)/q-2. The molecule has 0 amide bonds. The van der Waals surface area contributed by atoms with Crippen LogP contribution < -0.4 is 11.0 Å². The normalized spacial score (nSPS) is 10.3. The van der Waals surface area contributed by atoms with E-state index in [-0.39, 0.29) is 10.9 Å². The maximum atomic E-state index is 10.9. The van der Waals surface area contributed by atoms with Crippen LogP contribution in [0.1, 0.15) is 0 Å². The molecule has 1 heterocycles. The van der Waals surface area contributed by atoms with Crippen LogP contribution in [0.2, 0.25) is 0 Å². The van der Waals surface area contributed by atoms with Gasteiger partial charge in [-0.15, -0.1) is 0 Å². The summed E-state index contributed by atoms with van der Waals surface area (Å²) in [6.07, 6.45) is 0. The molecule has 2 aromatic rings. The molecule has 2 rings (SSSR count). The fourth-order valence-electron chi connectivity index (χ4n) is 1.57. The van der Waals surface area contributed by atoms with Crippen molar-refractivity contribution in [2.45, 2.75) is 0 Å². The van der Waals surface area contributed by atoms with Gasteiger partial charge in [-0.3, -0.25) is 20.2 Å². The van der Waals surface area contributed by atoms with Crippen LogP contribution in [0.15, 0.2) is 12.1 Å². The Morgan fingerprint density at radius 2 is 1.70 bits per heavy atom. The van der Waals surface area contributed by atoms with Gasteiger partial charge in [-0.1, -0.05) is 0 Å². The van der Waals surface area contributed by atoms with Crippen molar-refractivity contribution in [1.29, 1.82) is 0 Å². The number of rotatable bonds is 4. The zero-order valence-electron chi connectivity index (χ0n) is 9.39. The summed E-state index contributed by atoms with van der Waals surface area (Å²) in [4.78, 5) is 26.8. The largest absolute Gasteiger partial charge is 0.760 e. The van der Waals surface area contributed by atoms with Crippen LogP contribution >= 0.6 is 0 Å². The van der Waals surface area contributed by atoms with E-state index in [0.717, 1.165) is 6.07 Å². The fourth-order valence-corrected chi connectivity index (χ4v) is 1.57. The van der Waals surface area contributed by atoms with E-state index in [1.165, 1.54) is 11.0 Å². The van der Waals surface area contributed by atoms with Crippen LogP contribution in [0.3, 0.4) is 0 Å². The summed E-state index contributed by atoms with van der Waals surface area (Å²) in [6.45, 7) is 0. The second kappa shape index (κ2) is 4.87. The Bertz CT molecular complexity index is 718. The van der Waals surface area contributed by atoms with Crippen molar-refractivity contribution in [2.75, 3.05) is 11.0 Å². The smallest absolute Gasteiger partial charge is 0.302 e. The van der Waals surface area contributed by atoms with Crippen LogP contribution in [-0.4, -0.2) is 19.8 Å². The molecule has 0 bridgehead atoms. The first-order valence-electron chi connectivity index (χ1n) is 4.88. The third kappa shape index (κ3) is 2.11. The molecule has 1 aromatic carbocycles. The molecule has 104 valence electrons. The van der Waals surface area contributed by atoms with E-state index in [4.69, 9.17) is 0 Å². The predicted octanol–water partition coefficient (Wildman–Crippen LogP) is 1.27. The van der Waals surface area contributed by atoms with Crippen LogP contribution in [0, 0.1) is 30.6 Å². The van der Waals surface area contributed by atoms with Crippen molar-refractivity contribution in [3.05, 3.63) is 42.8 Å². The Hall–Kier alpha value is -3.12. The van der Waals surface area contributed by atoms with Gasteiger partial charge in [-0.25, -0.2) is 4.98 Å². The van der Waals surface area contributed by atoms with E-state index in [2.05, 4.69) is 9.97 Å². The van der Waals surface area contributed by atoms with Gasteiger partial charge in [0.15, 0.2) is 5.52 Å². The van der Waals surface area contributed by atoms with E-state index in [1.54, 1.807) is 0 Å². The van der Waals surface area contributed by atoms with Crippen LogP contribution in [0.5, 0.6) is 0 Å². The first-order valence-corrected chi connectivity index (χ1v) is 4.88. The van der Waals surface area contributed by atoms with Gasteiger partial charge in [-0.05, 0) is 0 Å². The van der Waals surface area contributed by atoms with Gasteiger partial charge in [0.2, 0.25) is 5.95 Å². The van der Waals surface area contributed by atoms with Crippen LogP contribution in [0.25, 0.3) is 10.9 Å². The average molecular weight is 280 g/mol. The molecule has 0 radical (unpaired) electrons. The number of non-ortho nitro benzene ring substituents is 2. The number of nitrogens with one attached hydrogen (secondary N) is 2. The van der Waals surface area contributed by atoms with Crippen LogP contribution in [0.4, 0.5) is 23.1 Å². The molecule has 0 aliphatic rings. The van der Waals surface area contributed by atoms with Crippen molar-refractivity contribution in [3.63, 3.8) is 0 Å². The number of aromatic nitrogens is 2. The second-order valence-corrected chi connectivity index (χ2v) is 3.48. The van der Waals surface area contributed by atoms with Gasteiger partial charge in [0.25, 0.3) is 5.69 Å². The number of fused-ring (bicyclic) bond motifs is 1. The summed E-state index contributed by atoms with van der Waals surface area (Å²) < 4.78 is 0. The zero-order valence-corrected chi connectivity index (χ0v) is 9.39. The molecule has 0 saturated heterocycles. The fraction of sp³-hybridized carbons (Fsp3) is 0. The van der Waals surface area contributed by atoms with E-state index in [1.807, 2.05) is 0 Å². The summed E-state index contributed by atoms with van der Waals surface area (Å²) >= 11 is 0. The molecule has 0 spiro atoms. The van der Waals surface area contributed by atoms with Gasteiger partial charge >= 0.3 is 5.69 Å². The van der Waals surface area contributed by atoms with Crippen molar-refractivity contribution in [1.82, 2.24) is 9.97 Å². The minimum Gasteiger partial charge on any atom is -0.760 e. The summed E-state index contributed by atoms with van der Waals surface area (Å²) in [7, 11) is 0. The topological polar surface area (TPSA) is 182 Å². The van der Waals surface area contributed by atoms with Gasteiger partial charge < -0.3 is 21.4 Å². The van der Waals surface area contributed by atoms with E-state index >= 15 is 0 Å². The number of anilines is 2. The molecule has 1 aromatic heterocycles. The third-order valence-corrected chi connectivity index (χ3v) is 2.36. The predicted molar refractivity (Wildman–Crippen MR) is 66.8 cm³/mol. The number of nitrogens with zero attached hydrogens (tertiary/aromatic N) is 4. The maximum absolute atomic E-state index is 10.9. The molecule has 12 nitrogen and oxygen atoms in total. The average Bonchev–Trinajstić information content (AvgIpc) is 2.44. The second-order valence-electron chi connectivity index (χ2n) is 3.48. The lowest BCUT2D eigenvalue weighted by molar-refractivity contribution is -0.393. The number of hydrogen-bond acceptors (Lipinski definition) is 10. The molecule has 0 unspecified atom stereocenters. The summed E-state index contributed by atoms with van der Waals surface area (Å²) in [5, 5.41) is 42.7. The lowest BCUT2D eigenvalue weighted by atomic mass is 10.2. The van der Waals surface area contributed by atoms with Gasteiger partial charge in [0, 0.05) is 6.07 Å². The Balaban J connectivity index is 2.92. The Kier molecular flexibility index (Phi) is 3.24. The molecule has 0 atom stereocenters.